The van der Waals surface area contributed by atoms with Crippen molar-refractivity contribution in [1.82, 2.24) is 0 Å². The summed E-state index contributed by atoms with van der Waals surface area (Å²) in [7, 11) is 0. The van der Waals surface area contributed by atoms with Crippen LogP contribution in [0.1, 0.15) is 39.5 Å². The van der Waals surface area contributed by atoms with E-state index in [1.165, 1.54) is 6.42 Å². The van der Waals surface area contributed by atoms with Gasteiger partial charge in [-0.2, -0.15) is 0 Å². The van der Waals surface area contributed by atoms with Crippen LogP contribution in [0.2, 0.25) is 0 Å². The summed E-state index contributed by atoms with van der Waals surface area (Å²) in [5, 5.41) is 9.49. The first-order valence-corrected chi connectivity index (χ1v) is 6.37. The molecule has 0 bridgehead atoms. The molecule has 2 fully saturated rings. The largest absolute Gasteiger partial charge is 0.481 e. The normalized spacial score (nSPS) is 44.5. The maximum absolute atomic E-state index is 11.5. The van der Waals surface area contributed by atoms with Crippen LogP contribution in [0.5, 0.6) is 0 Å². The maximum Gasteiger partial charge on any atom is 0.312 e. The lowest BCUT2D eigenvalue weighted by Gasteiger charge is -2.40. The third-order valence-electron chi connectivity index (χ3n) is 4.86. The molecule has 1 aliphatic carbocycles. The Bertz CT molecular complexity index is 268. The van der Waals surface area contributed by atoms with E-state index < -0.39 is 11.4 Å². The Morgan fingerprint density at radius 2 is 2.06 bits per heavy atom. The van der Waals surface area contributed by atoms with E-state index in [1.54, 1.807) is 0 Å². The highest BCUT2D eigenvalue weighted by Gasteiger charge is 2.50. The van der Waals surface area contributed by atoms with E-state index in [0.717, 1.165) is 18.8 Å². The second-order valence-electron chi connectivity index (χ2n) is 5.73. The first-order valence-electron chi connectivity index (χ1n) is 6.37. The molecule has 0 amide bonds. The Hall–Kier alpha value is -0.570. The highest BCUT2D eigenvalue weighted by Crippen LogP contribution is 2.47. The van der Waals surface area contributed by atoms with Crippen molar-refractivity contribution in [3.8, 4) is 0 Å². The highest BCUT2D eigenvalue weighted by molar-refractivity contribution is 5.75. The lowest BCUT2D eigenvalue weighted by Crippen LogP contribution is -2.42. The van der Waals surface area contributed by atoms with E-state index >= 15 is 0 Å². The molecule has 0 aromatic rings. The van der Waals surface area contributed by atoms with Crippen LogP contribution in [0.25, 0.3) is 0 Å². The second kappa shape index (κ2) is 4.36. The number of carboxylic acid groups (broad SMARTS) is 1. The lowest BCUT2D eigenvalue weighted by atomic mass is 9.64. The Morgan fingerprint density at radius 1 is 1.31 bits per heavy atom. The molecule has 1 heterocycles. The SMILES string of the molecule is CC1CCC(C2(C(=O)O)CCOC2)CC1C. The maximum atomic E-state index is 11.5. The van der Waals surface area contributed by atoms with Crippen LogP contribution in [0.15, 0.2) is 0 Å². The fourth-order valence-corrected chi connectivity index (χ4v) is 3.30. The minimum Gasteiger partial charge on any atom is -0.481 e. The average molecular weight is 226 g/mol. The van der Waals surface area contributed by atoms with Crippen molar-refractivity contribution in [2.45, 2.75) is 39.5 Å². The van der Waals surface area contributed by atoms with Crippen molar-refractivity contribution < 1.29 is 14.6 Å². The summed E-state index contributed by atoms with van der Waals surface area (Å²) in [5.41, 5.74) is -0.575. The Balaban J connectivity index is 2.13. The molecular formula is C13H22O3. The molecule has 16 heavy (non-hydrogen) atoms. The second-order valence-corrected chi connectivity index (χ2v) is 5.73. The average Bonchev–Trinajstić information content (AvgIpc) is 2.72. The molecule has 0 aromatic carbocycles. The number of rotatable bonds is 2. The van der Waals surface area contributed by atoms with E-state index in [-0.39, 0.29) is 0 Å². The van der Waals surface area contributed by atoms with Crippen LogP contribution in [-0.2, 0) is 9.53 Å². The molecule has 1 saturated heterocycles. The van der Waals surface area contributed by atoms with Crippen LogP contribution < -0.4 is 0 Å². The molecule has 3 heteroatoms. The van der Waals surface area contributed by atoms with Crippen LogP contribution in [0, 0.1) is 23.2 Å². The van der Waals surface area contributed by atoms with Gasteiger partial charge in [-0.3, -0.25) is 4.79 Å². The lowest BCUT2D eigenvalue weighted by molar-refractivity contribution is -0.154. The summed E-state index contributed by atoms with van der Waals surface area (Å²) < 4.78 is 5.36. The summed E-state index contributed by atoms with van der Waals surface area (Å²) >= 11 is 0. The zero-order valence-corrected chi connectivity index (χ0v) is 10.2. The molecule has 0 aromatic heterocycles. The number of hydrogen-bond donors (Lipinski definition) is 1. The topological polar surface area (TPSA) is 46.5 Å². The van der Waals surface area contributed by atoms with Crippen molar-refractivity contribution in [2.75, 3.05) is 13.2 Å². The fourth-order valence-electron chi connectivity index (χ4n) is 3.30. The van der Waals surface area contributed by atoms with Gasteiger partial charge in [-0.1, -0.05) is 20.3 Å². The van der Waals surface area contributed by atoms with Crippen LogP contribution in [-0.4, -0.2) is 24.3 Å². The molecular weight excluding hydrogens is 204 g/mol. The van der Waals surface area contributed by atoms with Crippen LogP contribution in [0.3, 0.4) is 0 Å². The molecule has 1 N–H and O–H groups in total. The van der Waals surface area contributed by atoms with Gasteiger partial charge in [-0.05, 0) is 37.0 Å². The minimum absolute atomic E-state index is 0.318. The monoisotopic (exact) mass is 226 g/mol. The molecule has 4 unspecified atom stereocenters. The summed E-state index contributed by atoms with van der Waals surface area (Å²) in [6.07, 6.45) is 3.98. The Kier molecular flexibility index (Phi) is 3.24. The summed E-state index contributed by atoms with van der Waals surface area (Å²) in [6.45, 7) is 5.57. The van der Waals surface area contributed by atoms with Gasteiger partial charge >= 0.3 is 5.97 Å². The minimum atomic E-state index is -0.642. The zero-order chi connectivity index (χ0) is 11.8. The van der Waals surface area contributed by atoms with E-state index in [1.807, 2.05) is 0 Å². The number of aliphatic carboxylic acids is 1. The predicted octanol–water partition coefficient (Wildman–Crippen LogP) is 2.55. The van der Waals surface area contributed by atoms with E-state index in [9.17, 15) is 9.90 Å². The van der Waals surface area contributed by atoms with Crippen molar-refractivity contribution in [3.63, 3.8) is 0 Å². The molecule has 1 saturated carbocycles. The predicted molar refractivity (Wildman–Crippen MR) is 61.2 cm³/mol. The number of ether oxygens (including phenoxy) is 1. The standard InChI is InChI=1S/C13H22O3/c1-9-3-4-11(7-10(9)2)13(12(14)15)5-6-16-8-13/h9-11H,3-8H2,1-2H3,(H,14,15). The third-order valence-corrected chi connectivity index (χ3v) is 4.86. The van der Waals surface area contributed by atoms with Crippen LogP contribution in [0.4, 0.5) is 0 Å². The molecule has 4 atom stereocenters. The van der Waals surface area contributed by atoms with Gasteiger partial charge in [0.2, 0.25) is 0 Å². The number of carboxylic acids is 1. The first kappa shape index (κ1) is 11.9. The summed E-state index contributed by atoms with van der Waals surface area (Å²) in [4.78, 5) is 11.5. The molecule has 1 aliphatic heterocycles. The van der Waals surface area contributed by atoms with Gasteiger partial charge in [0.25, 0.3) is 0 Å². The van der Waals surface area contributed by atoms with Crippen LogP contribution >= 0.6 is 0 Å². The molecule has 0 spiro atoms. The van der Waals surface area contributed by atoms with Crippen molar-refractivity contribution in [1.29, 1.82) is 0 Å². The van der Waals surface area contributed by atoms with Gasteiger partial charge in [-0.15, -0.1) is 0 Å². The van der Waals surface area contributed by atoms with Crippen molar-refractivity contribution in [3.05, 3.63) is 0 Å². The van der Waals surface area contributed by atoms with Gasteiger partial charge in [0.05, 0.1) is 12.0 Å². The number of carbonyl (C=O) groups is 1. The van der Waals surface area contributed by atoms with Gasteiger partial charge in [0.1, 0.15) is 0 Å². The highest BCUT2D eigenvalue weighted by atomic mass is 16.5. The summed E-state index contributed by atoms with van der Waals surface area (Å²) in [6, 6.07) is 0. The smallest absolute Gasteiger partial charge is 0.312 e. The summed E-state index contributed by atoms with van der Waals surface area (Å²) in [5.74, 6) is 1.07. The van der Waals surface area contributed by atoms with Crippen molar-refractivity contribution >= 4 is 5.97 Å². The molecule has 92 valence electrons. The zero-order valence-electron chi connectivity index (χ0n) is 10.2. The van der Waals surface area contributed by atoms with Gasteiger partial charge in [0, 0.05) is 6.61 Å². The third kappa shape index (κ3) is 1.86. The molecule has 2 rings (SSSR count). The van der Waals surface area contributed by atoms with E-state index in [2.05, 4.69) is 13.8 Å². The molecule has 0 radical (unpaired) electrons. The van der Waals surface area contributed by atoms with E-state index in [4.69, 9.17) is 4.74 Å². The van der Waals surface area contributed by atoms with Crippen molar-refractivity contribution in [2.24, 2.45) is 23.2 Å². The van der Waals surface area contributed by atoms with Gasteiger partial charge < -0.3 is 9.84 Å². The first-order chi connectivity index (χ1) is 7.56. The fraction of sp³-hybridized carbons (Fsp3) is 0.923. The Labute approximate surface area is 97.2 Å². The quantitative estimate of drug-likeness (QED) is 0.787. The Morgan fingerprint density at radius 3 is 2.56 bits per heavy atom. The molecule has 3 nitrogen and oxygen atoms in total. The van der Waals surface area contributed by atoms with Gasteiger partial charge in [-0.25, -0.2) is 0 Å². The van der Waals surface area contributed by atoms with E-state index in [0.29, 0.717) is 31.5 Å². The number of hydrogen-bond acceptors (Lipinski definition) is 2. The van der Waals surface area contributed by atoms with Gasteiger partial charge in [0.15, 0.2) is 0 Å². The molecule has 2 aliphatic rings.